The first-order chi connectivity index (χ1) is 6.42. The van der Waals surface area contributed by atoms with Crippen molar-refractivity contribution in [3.05, 3.63) is 29.8 Å². The van der Waals surface area contributed by atoms with Gasteiger partial charge in [0.05, 0.1) is 12.5 Å². The molecule has 0 bridgehead atoms. The number of nitrogens with one attached hydrogen (secondary N) is 1. The van der Waals surface area contributed by atoms with Crippen molar-refractivity contribution in [3.8, 4) is 5.75 Å². The largest absolute Gasteiger partial charge is 0.496 e. The number of rotatable bonds is 2. The molecule has 0 radical (unpaired) electrons. The highest BCUT2D eigenvalue weighted by Gasteiger charge is 2.19. The summed E-state index contributed by atoms with van der Waals surface area (Å²) < 4.78 is 5.30. The minimum Gasteiger partial charge on any atom is -0.496 e. The van der Waals surface area contributed by atoms with Crippen LogP contribution in [-0.2, 0) is 0 Å². The standard InChI is InChI=1S/C10H13NOS/c1-12-9-5-3-2-4-8(9)10-11-6-7-13-10/h2-5,10-11H,6-7H2,1H3/t10-/m0/s1. The molecule has 1 aliphatic heterocycles. The molecule has 0 amide bonds. The second kappa shape index (κ2) is 4.03. The SMILES string of the molecule is COc1ccccc1[C@H]1NCCS1. The number of ether oxygens (including phenoxy) is 1. The number of benzene rings is 1. The van der Waals surface area contributed by atoms with E-state index in [1.54, 1.807) is 7.11 Å². The third-order valence-electron chi connectivity index (χ3n) is 2.14. The molecule has 0 aromatic heterocycles. The Balaban J connectivity index is 2.26. The van der Waals surface area contributed by atoms with Crippen LogP contribution in [0, 0.1) is 0 Å². The van der Waals surface area contributed by atoms with E-state index in [0.29, 0.717) is 5.37 Å². The summed E-state index contributed by atoms with van der Waals surface area (Å²) in [5, 5.41) is 3.84. The zero-order valence-electron chi connectivity index (χ0n) is 7.62. The Morgan fingerprint density at radius 2 is 2.31 bits per heavy atom. The maximum Gasteiger partial charge on any atom is 0.124 e. The van der Waals surface area contributed by atoms with Crippen molar-refractivity contribution in [3.63, 3.8) is 0 Å². The predicted molar refractivity (Wildman–Crippen MR) is 56.2 cm³/mol. The predicted octanol–water partition coefficient (Wildman–Crippen LogP) is 2.03. The van der Waals surface area contributed by atoms with E-state index in [1.807, 2.05) is 23.9 Å². The summed E-state index contributed by atoms with van der Waals surface area (Å²) in [6, 6.07) is 8.19. The molecule has 3 heteroatoms. The van der Waals surface area contributed by atoms with Gasteiger partial charge in [0.1, 0.15) is 5.75 Å². The van der Waals surface area contributed by atoms with Gasteiger partial charge in [0.2, 0.25) is 0 Å². The van der Waals surface area contributed by atoms with Crippen LogP contribution in [0.4, 0.5) is 0 Å². The number of para-hydroxylation sites is 1. The minimum absolute atomic E-state index is 0.413. The van der Waals surface area contributed by atoms with Gasteiger partial charge in [-0.2, -0.15) is 0 Å². The molecule has 0 spiro atoms. The molecular weight excluding hydrogens is 182 g/mol. The molecule has 70 valence electrons. The van der Waals surface area contributed by atoms with Gasteiger partial charge in [0.15, 0.2) is 0 Å². The van der Waals surface area contributed by atoms with Crippen molar-refractivity contribution >= 4 is 11.8 Å². The van der Waals surface area contributed by atoms with E-state index in [-0.39, 0.29) is 0 Å². The number of thioether (sulfide) groups is 1. The first-order valence-corrected chi connectivity index (χ1v) is 5.44. The molecule has 2 rings (SSSR count). The average molecular weight is 195 g/mol. The molecule has 2 nitrogen and oxygen atoms in total. The summed E-state index contributed by atoms with van der Waals surface area (Å²) in [6.07, 6.45) is 0. The highest BCUT2D eigenvalue weighted by molar-refractivity contribution is 7.99. The molecule has 1 fully saturated rings. The van der Waals surface area contributed by atoms with Crippen molar-refractivity contribution < 1.29 is 4.74 Å². The lowest BCUT2D eigenvalue weighted by molar-refractivity contribution is 0.408. The van der Waals surface area contributed by atoms with E-state index in [2.05, 4.69) is 17.4 Å². The molecule has 0 saturated carbocycles. The lowest BCUT2D eigenvalue weighted by Gasteiger charge is -2.13. The second-order valence-corrected chi connectivity index (χ2v) is 4.16. The van der Waals surface area contributed by atoms with Gasteiger partial charge in [-0.1, -0.05) is 18.2 Å². The Morgan fingerprint density at radius 1 is 1.46 bits per heavy atom. The van der Waals surface area contributed by atoms with Crippen molar-refractivity contribution in [1.82, 2.24) is 5.32 Å². The monoisotopic (exact) mass is 195 g/mol. The first-order valence-electron chi connectivity index (χ1n) is 4.40. The first kappa shape index (κ1) is 8.91. The minimum atomic E-state index is 0.413. The zero-order valence-corrected chi connectivity index (χ0v) is 8.43. The van der Waals surface area contributed by atoms with Crippen LogP contribution >= 0.6 is 11.8 Å². The molecule has 0 aliphatic carbocycles. The van der Waals surface area contributed by atoms with Gasteiger partial charge in [-0.15, -0.1) is 11.8 Å². The third kappa shape index (κ3) is 1.81. The van der Waals surface area contributed by atoms with E-state index >= 15 is 0 Å². The number of hydrogen-bond donors (Lipinski definition) is 1. The van der Waals surface area contributed by atoms with Crippen molar-refractivity contribution in [2.45, 2.75) is 5.37 Å². The smallest absolute Gasteiger partial charge is 0.124 e. The van der Waals surface area contributed by atoms with Crippen LogP contribution in [0.5, 0.6) is 5.75 Å². The van der Waals surface area contributed by atoms with Gasteiger partial charge in [0, 0.05) is 17.9 Å². The van der Waals surface area contributed by atoms with Gasteiger partial charge in [-0.25, -0.2) is 0 Å². The van der Waals surface area contributed by atoms with E-state index in [4.69, 9.17) is 4.74 Å². The van der Waals surface area contributed by atoms with Gasteiger partial charge in [-0.05, 0) is 6.07 Å². The average Bonchev–Trinajstić information content (AvgIpc) is 2.70. The summed E-state index contributed by atoms with van der Waals surface area (Å²) in [6.45, 7) is 1.09. The maximum absolute atomic E-state index is 5.30. The van der Waals surface area contributed by atoms with Crippen molar-refractivity contribution in [2.75, 3.05) is 19.4 Å². The lowest BCUT2D eigenvalue weighted by atomic mass is 10.2. The Labute approximate surface area is 82.7 Å². The molecule has 1 N–H and O–H groups in total. The molecule has 1 aliphatic rings. The fourth-order valence-electron chi connectivity index (χ4n) is 1.51. The number of hydrogen-bond acceptors (Lipinski definition) is 3. The van der Waals surface area contributed by atoms with Gasteiger partial charge in [-0.3, -0.25) is 0 Å². The lowest BCUT2D eigenvalue weighted by Crippen LogP contribution is -2.12. The Morgan fingerprint density at radius 3 is 3.00 bits per heavy atom. The molecule has 1 atom stereocenters. The summed E-state index contributed by atoms with van der Waals surface area (Å²) in [4.78, 5) is 0. The summed E-state index contributed by atoms with van der Waals surface area (Å²) >= 11 is 1.93. The van der Waals surface area contributed by atoms with Crippen molar-refractivity contribution in [1.29, 1.82) is 0 Å². The van der Waals surface area contributed by atoms with Crippen molar-refractivity contribution in [2.24, 2.45) is 0 Å². The molecular formula is C10H13NOS. The third-order valence-corrected chi connectivity index (χ3v) is 3.33. The van der Waals surface area contributed by atoms with Crippen LogP contribution in [0.15, 0.2) is 24.3 Å². The Hall–Kier alpha value is -0.670. The van der Waals surface area contributed by atoms with E-state index in [9.17, 15) is 0 Å². The van der Waals surface area contributed by atoms with E-state index in [1.165, 1.54) is 11.3 Å². The quantitative estimate of drug-likeness (QED) is 0.780. The molecule has 0 unspecified atom stereocenters. The fourth-order valence-corrected chi connectivity index (χ4v) is 2.59. The van der Waals surface area contributed by atoms with Crippen LogP contribution in [0.2, 0.25) is 0 Å². The van der Waals surface area contributed by atoms with Crippen LogP contribution in [0.3, 0.4) is 0 Å². The number of methoxy groups -OCH3 is 1. The van der Waals surface area contributed by atoms with Crippen LogP contribution in [-0.4, -0.2) is 19.4 Å². The van der Waals surface area contributed by atoms with Gasteiger partial charge >= 0.3 is 0 Å². The molecule has 1 aromatic carbocycles. The molecule has 1 aromatic rings. The Bertz CT molecular complexity index is 284. The summed E-state index contributed by atoms with van der Waals surface area (Å²) in [7, 11) is 1.72. The topological polar surface area (TPSA) is 21.3 Å². The Kier molecular flexibility index (Phi) is 2.76. The van der Waals surface area contributed by atoms with Crippen LogP contribution < -0.4 is 10.1 Å². The van der Waals surface area contributed by atoms with E-state index < -0.39 is 0 Å². The molecule has 1 saturated heterocycles. The van der Waals surface area contributed by atoms with Crippen LogP contribution in [0.1, 0.15) is 10.9 Å². The van der Waals surface area contributed by atoms with Gasteiger partial charge in [0.25, 0.3) is 0 Å². The van der Waals surface area contributed by atoms with E-state index in [0.717, 1.165) is 12.3 Å². The summed E-state index contributed by atoms with van der Waals surface area (Å²) in [5.41, 5.74) is 1.26. The van der Waals surface area contributed by atoms with Gasteiger partial charge < -0.3 is 10.1 Å². The summed E-state index contributed by atoms with van der Waals surface area (Å²) in [5.74, 6) is 2.16. The second-order valence-electron chi connectivity index (χ2n) is 2.95. The molecule has 1 heterocycles. The highest BCUT2D eigenvalue weighted by Crippen LogP contribution is 2.35. The molecule has 13 heavy (non-hydrogen) atoms. The maximum atomic E-state index is 5.30. The highest BCUT2D eigenvalue weighted by atomic mass is 32.2. The van der Waals surface area contributed by atoms with Crippen LogP contribution in [0.25, 0.3) is 0 Å². The zero-order chi connectivity index (χ0) is 9.10. The fraction of sp³-hybridized carbons (Fsp3) is 0.400. The normalized spacial score (nSPS) is 21.8.